The first-order valence-corrected chi connectivity index (χ1v) is 19.2. The third kappa shape index (κ3) is 7.82. The van der Waals surface area contributed by atoms with Gasteiger partial charge in [-0.2, -0.15) is 0 Å². The molecule has 2 aliphatic carbocycles. The molecule has 1 aliphatic heterocycles. The van der Waals surface area contributed by atoms with Gasteiger partial charge in [0.05, 0.1) is 29.8 Å². The average Bonchev–Trinajstić information content (AvgIpc) is 4.03. The van der Waals surface area contributed by atoms with Crippen LogP contribution in [0.1, 0.15) is 74.6 Å². The van der Waals surface area contributed by atoms with Crippen LogP contribution in [0.25, 0.3) is 5.65 Å². The lowest BCUT2D eigenvalue weighted by Gasteiger charge is -2.22. The van der Waals surface area contributed by atoms with Crippen molar-refractivity contribution < 1.29 is 42.2 Å². The highest BCUT2D eigenvalue weighted by atomic mass is 32.2. The number of pyridine rings is 2. The molecule has 0 spiro atoms. The van der Waals surface area contributed by atoms with E-state index in [2.05, 4.69) is 25.3 Å². The molecule has 0 bridgehead atoms. The van der Waals surface area contributed by atoms with Gasteiger partial charge >= 0.3 is 18.2 Å². The van der Waals surface area contributed by atoms with Crippen LogP contribution in [0, 0.1) is 12.8 Å². The Bertz CT molecular complexity index is 2390. The van der Waals surface area contributed by atoms with Crippen LogP contribution in [0.15, 0.2) is 47.9 Å². The first-order chi connectivity index (χ1) is 25.9. The van der Waals surface area contributed by atoms with Crippen LogP contribution in [0.3, 0.4) is 0 Å². The van der Waals surface area contributed by atoms with Gasteiger partial charge in [0.1, 0.15) is 34.4 Å². The maximum atomic E-state index is 13.8. The van der Waals surface area contributed by atoms with Crippen molar-refractivity contribution in [3.63, 3.8) is 0 Å². The number of carbonyl (C=O) groups is 5. The molecule has 2 unspecified atom stereocenters. The van der Waals surface area contributed by atoms with Gasteiger partial charge in [-0.1, -0.05) is 0 Å². The quantitative estimate of drug-likeness (QED) is 0.203. The zero-order valence-corrected chi connectivity index (χ0v) is 31.5. The Hall–Kier alpha value is -5.98. The van der Waals surface area contributed by atoms with Gasteiger partial charge in [0, 0.05) is 49.2 Å². The largest absolute Gasteiger partial charge is 0.465 e. The first kappa shape index (κ1) is 37.3. The number of rotatable bonds is 11. The molecule has 5 heterocycles. The molecule has 2 N–H and O–H groups in total. The van der Waals surface area contributed by atoms with E-state index in [4.69, 9.17) is 4.74 Å². The van der Waals surface area contributed by atoms with Gasteiger partial charge in [0.15, 0.2) is 21.3 Å². The fraction of sp³-hybridized carbons (Fsp3) is 0.417. The topological polar surface area (TPSA) is 227 Å². The zero-order chi connectivity index (χ0) is 39.6. The molecule has 4 aromatic rings. The second-order valence-corrected chi connectivity index (χ2v) is 16.9. The molecule has 5 amide bonds. The molecule has 3 fully saturated rings. The summed E-state index contributed by atoms with van der Waals surface area (Å²) in [5.74, 6) is -2.30. The lowest BCUT2D eigenvalue weighted by Crippen LogP contribution is -2.31. The van der Waals surface area contributed by atoms with E-state index in [0.717, 1.165) is 40.5 Å². The number of imidazole rings is 1. The number of likely N-dealkylation sites (N-methyl/N-ethyl adjacent to an activating group) is 1. The van der Waals surface area contributed by atoms with Gasteiger partial charge in [0.25, 0.3) is 0 Å². The van der Waals surface area contributed by atoms with E-state index in [0.29, 0.717) is 29.3 Å². The molecule has 2 saturated carbocycles. The third-order valence-corrected chi connectivity index (χ3v) is 11.1. The fourth-order valence-corrected chi connectivity index (χ4v) is 7.86. The molecule has 4 aromatic heterocycles. The fourth-order valence-electron chi connectivity index (χ4n) is 6.45. The molecular formula is C36H39N9O9S. The summed E-state index contributed by atoms with van der Waals surface area (Å²) in [6.45, 7) is 6.07. The SMILES string of the molecule is Cc1ccnc(C2CC2C(=O)CS(=O)(=O)c2cnc(N(Cc3cn4cc(C5CC5)cc(N5CC(=O)N(C)C5=O)c4n3)C(=O)O)cc2NC(=O)OC(C)(C)C)n1. The number of nitrogens with zero attached hydrogens (tertiary/aromatic N) is 8. The Labute approximate surface area is 315 Å². The number of fused-ring (bicyclic) bond motifs is 1. The van der Waals surface area contributed by atoms with E-state index >= 15 is 0 Å². The van der Waals surface area contributed by atoms with E-state index in [-0.39, 0.29) is 48.0 Å². The molecule has 1 saturated heterocycles. The second kappa shape index (κ2) is 13.7. The number of ether oxygens (including phenoxy) is 1. The molecule has 18 nitrogen and oxygen atoms in total. The van der Waals surface area contributed by atoms with E-state index < -0.39 is 56.0 Å². The number of imide groups is 1. The molecule has 0 radical (unpaired) electrons. The minimum Gasteiger partial charge on any atom is -0.465 e. The molecule has 2 atom stereocenters. The number of amides is 5. The molecule has 3 aliphatic rings. The van der Waals surface area contributed by atoms with Gasteiger partial charge < -0.3 is 14.2 Å². The van der Waals surface area contributed by atoms with Gasteiger partial charge in [-0.3, -0.25) is 29.6 Å². The van der Waals surface area contributed by atoms with Crippen molar-refractivity contribution in [3.8, 4) is 0 Å². The Morgan fingerprint density at radius 3 is 2.47 bits per heavy atom. The predicted octanol–water partition coefficient (Wildman–Crippen LogP) is 4.28. The first-order valence-electron chi connectivity index (χ1n) is 17.5. The summed E-state index contributed by atoms with van der Waals surface area (Å²) in [4.78, 5) is 84.3. The predicted molar refractivity (Wildman–Crippen MR) is 196 cm³/mol. The van der Waals surface area contributed by atoms with Crippen molar-refractivity contribution in [1.29, 1.82) is 0 Å². The second-order valence-electron chi connectivity index (χ2n) is 15.0. The Morgan fingerprint density at radius 1 is 1.09 bits per heavy atom. The molecule has 0 aromatic carbocycles. The molecule has 288 valence electrons. The van der Waals surface area contributed by atoms with Crippen LogP contribution in [0.4, 0.5) is 31.6 Å². The van der Waals surface area contributed by atoms with Crippen molar-refractivity contribution in [2.45, 2.75) is 75.8 Å². The number of carbonyl (C=O) groups excluding carboxylic acids is 4. The van der Waals surface area contributed by atoms with Crippen molar-refractivity contribution in [2.75, 3.05) is 34.5 Å². The molecule has 55 heavy (non-hydrogen) atoms. The number of Topliss-reactive ketones (excluding diaryl/α,β-unsaturated/α-hetero) is 1. The van der Waals surface area contributed by atoms with E-state index in [9.17, 15) is 37.5 Å². The maximum Gasteiger partial charge on any atom is 0.413 e. The van der Waals surface area contributed by atoms with Gasteiger partial charge in [-0.05, 0) is 70.6 Å². The van der Waals surface area contributed by atoms with Gasteiger partial charge in [0.2, 0.25) is 5.91 Å². The number of urea groups is 1. The standard InChI is InChI=1S/C36H39N9O9S/c1-19-8-9-37-31(39-19)24-11-23(24)27(46)18-55(52,53)28-13-38-29(12-25(28)41-33(48)54-36(2,3)4)45(35(50)51)16-22-15-43-14-21(20-6-7-20)10-26(32(43)40-22)44-17-30(47)42(5)34(44)49/h8-10,12-15,20,23-24H,6-7,11,16-18H2,1-5H3,(H,50,51)(H,38,41,48). The number of hydrogen-bond acceptors (Lipinski definition) is 12. The highest BCUT2D eigenvalue weighted by Crippen LogP contribution is 2.47. The molecular weight excluding hydrogens is 735 g/mol. The van der Waals surface area contributed by atoms with Crippen molar-refractivity contribution >= 4 is 62.6 Å². The number of hydrogen-bond donors (Lipinski definition) is 2. The third-order valence-electron chi connectivity index (χ3n) is 9.46. The summed E-state index contributed by atoms with van der Waals surface area (Å²) in [6, 6.07) is 4.10. The molecule has 19 heteroatoms. The van der Waals surface area contributed by atoms with Crippen molar-refractivity contribution in [1.82, 2.24) is 29.2 Å². The Morgan fingerprint density at radius 2 is 1.84 bits per heavy atom. The van der Waals surface area contributed by atoms with Crippen molar-refractivity contribution in [2.24, 2.45) is 5.92 Å². The Balaban J connectivity index is 1.19. The number of nitrogens with one attached hydrogen (secondary N) is 1. The van der Waals surface area contributed by atoms with Crippen LogP contribution >= 0.6 is 0 Å². The molecule has 7 rings (SSSR count). The number of ketones is 1. The highest BCUT2D eigenvalue weighted by Gasteiger charge is 2.47. The van der Waals surface area contributed by atoms with Crippen LogP contribution in [0.2, 0.25) is 0 Å². The average molecular weight is 774 g/mol. The summed E-state index contributed by atoms with van der Waals surface area (Å²) in [6.07, 6.45) is 5.74. The lowest BCUT2D eigenvalue weighted by molar-refractivity contribution is -0.124. The minimum atomic E-state index is -4.43. The number of aromatic nitrogens is 5. The number of anilines is 3. The Kier molecular flexibility index (Phi) is 9.30. The maximum absolute atomic E-state index is 13.8. The summed E-state index contributed by atoms with van der Waals surface area (Å²) in [7, 11) is -3.04. The number of carboxylic acid groups (broad SMARTS) is 1. The smallest absolute Gasteiger partial charge is 0.413 e. The van der Waals surface area contributed by atoms with E-state index in [1.807, 2.05) is 12.3 Å². The monoisotopic (exact) mass is 773 g/mol. The normalized spacial score (nSPS) is 18.5. The van der Waals surface area contributed by atoms with Crippen LogP contribution < -0.4 is 15.1 Å². The van der Waals surface area contributed by atoms with Crippen LogP contribution in [-0.2, 0) is 30.7 Å². The number of sulfone groups is 1. The van der Waals surface area contributed by atoms with Crippen LogP contribution in [-0.4, -0.2) is 97.6 Å². The van der Waals surface area contributed by atoms with E-state index in [1.165, 1.54) is 11.9 Å². The summed E-state index contributed by atoms with van der Waals surface area (Å²) >= 11 is 0. The van der Waals surface area contributed by atoms with E-state index in [1.54, 1.807) is 50.6 Å². The minimum absolute atomic E-state index is 0.177. The van der Waals surface area contributed by atoms with Gasteiger partial charge in [-0.25, -0.2) is 42.7 Å². The van der Waals surface area contributed by atoms with Gasteiger partial charge in [-0.15, -0.1) is 0 Å². The highest BCUT2D eigenvalue weighted by molar-refractivity contribution is 7.92. The summed E-state index contributed by atoms with van der Waals surface area (Å²) in [5, 5.41) is 12.8. The summed E-state index contributed by atoms with van der Waals surface area (Å²) < 4.78 is 34.6. The summed E-state index contributed by atoms with van der Waals surface area (Å²) in [5.41, 5.74) is 1.30. The number of aryl methyl sites for hydroxylation is 1. The van der Waals surface area contributed by atoms with Crippen molar-refractivity contribution in [3.05, 3.63) is 65.8 Å². The lowest BCUT2D eigenvalue weighted by atomic mass is 10.1. The van der Waals surface area contributed by atoms with Crippen LogP contribution in [0.5, 0.6) is 0 Å². The zero-order valence-electron chi connectivity index (χ0n) is 30.7.